The van der Waals surface area contributed by atoms with Crippen LogP contribution in [0.3, 0.4) is 0 Å². The number of aromatic nitrogens is 2. The molecule has 1 unspecified atom stereocenters. The summed E-state index contributed by atoms with van der Waals surface area (Å²) in [6, 6.07) is 7.62. The first kappa shape index (κ1) is 13.8. The second-order valence-electron chi connectivity index (χ2n) is 5.32. The van der Waals surface area contributed by atoms with Gasteiger partial charge in [0.15, 0.2) is 0 Å². The van der Waals surface area contributed by atoms with Gasteiger partial charge in [-0.05, 0) is 13.0 Å². The van der Waals surface area contributed by atoms with Crippen molar-refractivity contribution in [3.8, 4) is 11.3 Å². The number of aliphatic hydroxyl groups is 1. The molecule has 1 aromatic heterocycles. The number of aliphatic hydroxyl groups excluding tert-OH is 1. The fourth-order valence-corrected chi connectivity index (χ4v) is 2.78. The maximum absolute atomic E-state index is 11.9. The molecule has 0 fully saturated rings. The fourth-order valence-electron chi connectivity index (χ4n) is 2.78. The second-order valence-corrected chi connectivity index (χ2v) is 5.32. The molecule has 0 saturated heterocycles. The summed E-state index contributed by atoms with van der Waals surface area (Å²) in [5.41, 5.74) is 9.28. The highest BCUT2D eigenvalue weighted by Crippen LogP contribution is 2.29. The summed E-state index contributed by atoms with van der Waals surface area (Å²) in [7, 11) is 0. The molecule has 110 valence electrons. The van der Waals surface area contributed by atoms with Crippen LogP contribution >= 0.6 is 0 Å². The largest absolute Gasteiger partial charge is 0.394 e. The van der Waals surface area contributed by atoms with Crippen LogP contribution in [0, 0.1) is 6.92 Å². The number of aryl methyl sites for hydroxylation is 1. The van der Waals surface area contributed by atoms with Crippen molar-refractivity contribution in [2.75, 3.05) is 13.2 Å². The van der Waals surface area contributed by atoms with Gasteiger partial charge in [0.1, 0.15) is 5.69 Å². The van der Waals surface area contributed by atoms with E-state index < -0.39 is 5.91 Å². The van der Waals surface area contributed by atoms with Crippen LogP contribution in [-0.4, -0.2) is 33.9 Å². The minimum absolute atomic E-state index is 0.0346. The number of nitrogens with zero attached hydrogens (tertiary/aromatic N) is 2. The first-order valence-corrected chi connectivity index (χ1v) is 6.91. The second kappa shape index (κ2) is 5.31. The highest BCUT2D eigenvalue weighted by Gasteiger charge is 2.28. The molecule has 4 N–H and O–H groups in total. The Morgan fingerprint density at radius 1 is 1.57 bits per heavy atom. The monoisotopic (exact) mass is 286 g/mol. The average Bonchev–Trinajstić information content (AvgIpc) is 2.86. The number of nitrogens with one attached hydrogen (secondary N) is 1. The zero-order chi connectivity index (χ0) is 15.0. The van der Waals surface area contributed by atoms with E-state index in [4.69, 9.17) is 5.73 Å². The Morgan fingerprint density at radius 2 is 2.38 bits per heavy atom. The van der Waals surface area contributed by atoms with Crippen LogP contribution in [0.15, 0.2) is 24.3 Å². The molecular formula is C15H18N4O2. The van der Waals surface area contributed by atoms with Gasteiger partial charge in [-0.2, -0.15) is 5.10 Å². The quantitative estimate of drug-likeness (QED) is 0.770. The first-order valence-electron chi connectivity index (χ1n) is 6.91. The minimum Gasteiger partial charge on any atom is -0.394 e. The lowest BCUT2D eigenvalue weighted by atomic mass is 10.0. The van der Waals surface area contributed by atoms with Crippen LogP contribution in [-0.2, 0) is 6.54 Å². The molecule has 0 aliphatic carbocycles. The molecule has 1 aromatic carbocycles. The van der Waals surface area contributed by atoms with Crippen molar-refractivity contribution in [3.05, 3.63) is 41.1 Å². The summed E-state index contributed by atoms with van der Waals surface area (Å²) in [5, 5.41) is 17.2. The van der Waals surface area contributed by atoms with Crippen LogP contribution in [0.25, 0.3) is 11.3 Å². The van der Waals surface area contributed by atoms with Crippen molar-refractivity contribution in [3.63, 3.8) is 0 Å². The SMILES string of the molecule is Cc1cccc(-c2nn3c(c2C(N)=O)CNCC3CO)c1. The fraction of sp³-hybridized carbons (Fsp3) is 0.333. The van der Waals surface area contributed by atoms with Crippen molar-refractivity contribution in [1.82, 2.24) is 15.1 Å². The van der Waals surface area contributed by atoms with Crippen molar-refractivity contribution in [2.24, 2.45) is 5.73 Å². The lowest BCUT2D eigenvalue weighted by molar-refractivity contribution is 0.0998. The number of hydrogen-bond acceptors (Lipinski definition) is 4. The Bertz CT molecular complexity index is 693. The molecule has 1 aliphatic heterocycles. The topological polar surface area (TPSA) is 93.2 Å². The van der Waals surface area contributed by atoms with Gasteiger partial charge in [-0.3, -0.25) is 9.48 Å². The minimum atomic E-state index is -0.492. The molecule has 21 heavy (non-hydrogen) atoms. The molecule has 0 bridgehead atoms. The van der Waals surface area contributed by atoms with E-state index in [9.17, 15) is 9.90 Å². The molecule has 6 nitrogen and oxygen atoms in total. The Labute approximate surface area is 122 Å². The Morgan fingerprint density at radius 3 is 3.05 bits per heavy atom. The number of amides is 1. The molecule has 6 heteroatoms. The van der Waals surface area contributed by atoms with Gasteiger partial charge in [0, 0.05) is 18.7 Å². The zero-order valence-electron chi connectivity index (χ0n) is 11.8. The lowest BCUT2D eigenvalue weighted by Gasteiger charge is -2.24. The molecule has 3 rings (SSSR count). The number of primary amides is 1. The maximum Gasteiger partial charge on any atom is 0.252 e. The molecule has 1 atom stereocenters. The van der Waals surface area contributed by atoms with E-state index in [-0.39, 0.29) is 12.6 Å². The van der Waals surface area contributed by atoms with E-state index in [1.54, 1.807) is 4.68 Å². The third-order valence-corrected chi connectivity index (χ3v) is 3.78. The summed E-state index contributed by atoms with van der Waals surface area (Å²) >= 11 is 0. The number of carbonyl (C=O) groups is 1. The summed E-state index contributed by atoms with van der Waals surface area (Å²) in [6.07, 6.45) is 0. The Balaban J connectivity index is 2.21. The van der Waals surface area contributed by atoms with Crippen molar-refractivity contribution < 1.29 is 9.90 Å². The summed E-state index contributed by atoms with van der Waals surface area (Å²) < 4.78 is 1.73. The van der Waals surface area contributed by atoms with Crippen molar-refractivity contribution >= 4 is 5.91 Å². The van der Waals surface area contributed by atoms with Gasteiger partial charge in [-0.15, -0.1) is 0 Å². The normalized spacial score (nSPS) is 17.5. The standard InChI is InChI=1S/C15H18N4O2/c1-9-3-2-4-10(5-9)14-13(15(16)21)12-7-17-6-11(8-20)19(12)18-14/h2-5,11,17,20H,6-8H2,1H3,(H2,16,21). The first-order chi connectivity index (χ1) is 10.1. The predicted molar refractivity (Wildman–Crippen MR) is 78.7 cm³/mol. The third kappa shape index (κ3) is 2.32. The summed E-state index contributed by atoms with van der Waals surface area (Å²) in [5.74, 6) is -0.492. The highest BCUT2D eigenvalue weighted by molar-refractivity contribution is 6.00. The van der Waals surface area contributed by atoms with Crippen LogP contribution in [0.1, 0.15) is 27.7 Å². The van der Waals surface area contributed by atoms with Gasteiger partial charge < -0.3 is 16.2 Å². The van der Waals surface area contributed by atoms with Gasteiger partial charge in [-0.1, -0.05) is 23.8 Å². The van der Waals surface area contributed by atoms with Crippen molar-refractivity contribution in [1.29, 1.82) is 0 Å². The number of hydrogen-bond donors (Lipinski definition) is 3. The highest BCUT2D eigenvalue weighted by atomic mass is 16.3. The van der Waals surface area contributed by atoms with Gasteiger partial charge in [0.2, 0.25) is 0 Å². The number of nitrogens with two attached hydrogens (primary N) is 1. The Hall–Kier alpha value is -2.18. The van der Waals surface area contributed by atoms with E-state index in [1.807, 2.05) is 31.2 Å². The molecule has 1 aliphatic rings. The molecule has 0 spiro atoms. The van der Waals surface area contributed by atoms with Crippen LogP contribution in [0.4, 0.5) is 0 Å². The number of rotatable bonds is 3. The summed E-state index contributed by atoms with van der Waals surface area (Å²) in [6.45, 7) is 3.10. The maximum atomic E-state index is 11.9. The molecule has 2 aromatic rings. The van der Waals surface area contributed by atoms with Gasteiger partial charge in [0.05, 0.1) is 23.9 Å². The lowest BCUT2D eigenvalue weighted by Crippen LogP contribution is -2.36. The van der Waals surface area contributed by atoms with E-state index in [0.717, 1.165) is 16.8 Å². The summed E-state index contributed by atoms with van der Waals surface area (Å²) in [4.78, 5) is 11.9. The Kier molecular flexibility index (Phi) is 3.48. The van der Waals surface area contributed by atoms with Gasteiger partial charge in [0.25, 0.3) is 5.91 Å². The van der Waals surface area contributed by atoms with E-state index in [2.05, 4.69) is 10.4 Å². The van der Waals surface area contributed by atoms with Crippen LogP contribution in [0.2, 0.25) is 0 Å². The predicted octanol–water partition coefficient (Wildman–Crippen LogP) is 0.594. The third-order valence-electron chi connectivity index (χ3n) is 3.78. The van der Waals surface area contributed by atoms with Crippen LogP contribution in [0.5, 0.6) is 0 Å². The van der Waals surface area contributed by atoms with E-state index >= 15 is 0 Å². The zero-order valence-corrected chi connectivity index (χ0v) is 11.8. The molecule has 0 saturated carbocycles. The van der Waals surface area contributed by atoms with Gasteiger partial charge in [-0.25, -0.2) is 0 Å². The number of fused-ring (bicyclic) bond motifs is 1. The smallest absolute Gasteiger partial charge is 0.252 e. The number of carbonyl (C=O) groups excluding carboxylic acids is 1. The molecular weight excluding hydrogens is 268 g/mol. The number of benzene rings is 1. The van der Waals surface area contributed by atoms with Gasteiger partial charge >= 0.3 is 0 Å². The van der Waals surface area contributed by atoms with E-state index in [0.29, 0.717) is 24.3 Å². The molecule has 0 radical (unpaired) electrons. The molecule has 1 amide bonds. The van der Waals surface area contributed by atoms with Crippen molar-refractivity contribution in [2.45, 2.75) is 19.5 Å². The van der Waals surface area contributed by atoms with Crippen LogP contribution < -0.4 is 11.1 Å². The molecule has 2 heterocycles. The average molecular weight is 286 g/mol. The van der Waals surface area contributed by atoms with E-state index in [1.165, 1.54) is 0 Å².